The number of hydrogen-bond acceptors (Lipinski definition) is 5. The van der Waals surface area contributed by atoms with E-state index in [1.165, 1.54) is 40.9 Å². The second-order valence-electron chi connectivity index (χ2n) is 7.22. The highest BCUT2D eigenvalue weighted by Gasteiger charge is 2.29. The summed E-state index contributed by atoms with van der Waals surface area (Å²) in [5.41, 5.74) is 0.982. The van der Waals surface area contributed by atoms with Crippen molar-refractivity contribution in [3.63, 3.8) is 0 Å². The van der Waals surface area contributed by atoms with Gasteiger partial charge in [-0.3, -0.25) is 9.59 Å². The molecular formula is C22H20ClN3O5S. The van der Waals surface area contributed by atoms with Crippen LogP contribution in [0.4, 0.5) is 11.4 Å². The molecule has 1 fully saturated rings. The Kier molecular flexibility index (Phi) is 6.31. The molecule has 0 unspecified atom stereocenters. The minimum Gasteiger partial charge on any atom is -0.459 e. The minimum atomic E-state index is -3.74. The van der Waals surface area contributed by atoms with Gasteiger partial charge in [-0.2, -0.15) is 4.31 Å². The molecule has 8 nitrogen and oxygen atoms in total. The van der Waals surface area contributed by atoms with Crippen LogP contribution in [0.3, 0.4) is 0 Å². The zero-order valence-corrected chi connectivity index (χ0v) is 18.4. The molecule has 0 saturated carbocycles. The Bertz CT molecular complexity index is 1250. The van der Waals surface area contributed by atoms with Crippen LogP contribution < -0.4 is 10.6 Å². The molecule has 0 radical (unpaired) electrons. The number of sulfonamides is 1. The third-order valence-electron chi connectivity index (χ3n) is 5.00. The van der Waals surface area contributed by atoms with Crippen LogP contribution in [0.15, 0.2) is 70.2 Å². The van der Waals surface area contributed by atoms with Crippen LogP contribution in [-0.2, 0) is 10.0 Å². The zero-order valence-electron chi connectivity index (χ0n) is 16.9. The minimum absolute atomic E-state index is 0.0432. The molecule has 1 aliphatic rings. The van der Waals surface area contributed by atoms with E-state index in [0.29, 0.717) is 24.5 Å². The van der Waals surface area contributed by atoms with E-state index < -0.39 is 21.8 Å². The Hall–Kier alpha value is -3.14. The molecule has 0 spiro atoms. The highest BCUT2D eigenvalue weighted by molar-refractivity contribution is 7.89. The lowest BCUT2D eigenvalue weighted by Gasteiger charge is -2.17. The zero-order chi connectivity index (χ0) is 22.7. The van der Waals surface area contributed by atoms with Crippen LogP contribution in [0.25, 0.3) is 0 Å². The lowest BCUT2D eigenvalue weighted by molar-refractivity contribution is 0.0993. The van der Waals surface area contributed by atoms with Crippen LogP contribution >= 0.6 is 11.6 Å². The fourth-order valence-electron chi connectivity index (χ4n) is 3.39. The second-order valence-corrected chi connectivity index (χ2v) is 9.54. The number of furan rings is 1. The summed E-state index contributed by atoms with van der Waals surface area (Å²) in [5.74, 6) is -0.763. The van der Waals surface area contributed by atoms with Gasteiger partial charge in [0.1, 0.15) is 4.90 Å². The number of carbonyl (C=O) groups is 2. The van der Waals surface area contributed by atoms with Crippen molar-refractivity contribution in [2.24, 2.45) is 0 Å². The molecule has 166 valence electrons. The number of anilines is 2. The number of rotatable bonds is 6. The molecule has 32 heavy (non-hydrogen) atoms. The normalized spacial score (nSPS) is 14.3. The van der Waals surface area contributed by atoms with Crippen LogP contribution in [0.2, 0.25) is 5.02 Å². The number of benzene rings is 2. The van der Waals surface area contributed by atoms with Gasteiger partial charge in [0.25, 0.3) is 11.8 Å². The third kappa shape index (κ3) is 4.69. The summed E-state index contributed by atoms with van der Waals surface area (Å²) < 4.78 is 32.2. The Morgan fingerprint density at radius 3 is 2.34 bits per heavy atom. The standard InChI is InChI=1S/C22H20ClN3O5S/c23-18-9-8-17(14-20(18)32(29,30)26-10-1-2-11-26)24-21(27)15-5-3-6-16(13-15)25-22(28)19-7-4-12-31-19/h3-9,12-14H,1-2,10-11H2,(H,24,27)(H,25,28). The summed E-state index contributed by atoms with van der Waals surface area (Å²) in [6.45, 7) is 0.900. The molecule has 2 N–H and O–H groups in total. The van der Waals surface area contributed by atoms with Crippen molar-refractivity contribution in [3.05, 3.63) is 77.2 Å². The summed E-state index contributed by atoms with van der Waals surface area (Å²) in [5, 5.41) is 5.44. The molecule has 2 aromatic carbocycles. The van der Waals surface area contributed by atoms with E-state index in [0.717, 1.165) is 12.8 Å². The lowest BCUT2D eigenvalue weighted by Crippen LogP contribution is -2.28. The number of nitrogens with one attached hydrogen (secondary N) is 2. The molecule has 1 saturated heterocycles. The number of hydrogen-bond donors (Lipinski definition) is 2. The van der Waals surface area contributed by atoms with Gasteiger partial charge in [-0.05, 0) is 61.4 Å². The van der Waals surface area contributed by atoms with E-state index in [4.69, 9.17) is 16.0 Å². The lowest BCUT2D eigenvalue weighted by atomic mass is 10.1. The van der Waals surface area contributed by atoms with Gasteiger partial charge in [-0.25, -0.2) is 8.42 Å². The highest BCUT2D eigenvalue weighted by Crippen LogP contribution is 2.30. The third-order valence-corrected chi connectivity index (χ3v) is 7.38. The molecule has 0 bridgehead atoms. The van der Waals surface area contributed by atoms with Gasteiger partial charge >= 0.3 is 0 Å². The number of halogens is 1. The molecule has 2 amide bonds. The smallest absolute Gasteiger partial charge is 0.291 e. The molecule has 0 atom stereocenters. The first kappa shape index (κ1) is 22.1. The van der Waals surface area contributed by atoms with Crippen molar-refractivity contribution in [3.8, 4) is 0 Å². The second kappa shape index (κ2) is 9.15. The van der Waals surface area contributed by atoms with Crippen molar-refractivity contribution in [1.82, 2.24) is 4.31 Å². The van der Waals surface area contributed by atoms with E-state index in [9.17, 15) is 18.0 Å². The molecule has 1 aromatic heterocycles. The average Bonchev–Trinajstić information content (AvgIpc) is 3.50. The van der Waals surface area contributed by atoms with E-state index in [-0.39, 0.29) is 21.2 Å². The molecular weight excluding hydrogens is 454 g/mol. The Labute approximate surface area is 190 Å². The van der Waals surface area contributed by atoms with Gasteiger partial charge < -0.3 is 15.1 Å². The number of nitrogens with zero attached hydrogens (tertiary/aromatic N) is 1. The Morgan fingerprint density at radius 1 is 0.906 bits per heavy atom. The number of carbonyl (C=O) groups excluding carboxylic acids is 2. The van der Waals surface area contributed by atoms with Crippen molar-refractivity contribution in [1.29, 1.82) is 0 Å². The Balaban J connectivity index is 1.51. The fourth-order valence-corrected chi connectivity index (χ4v) is 5.41. The van der Waals surface area contributed by atoms with Gasteiger partial charge in [0, 0.05) is 30.0 Å². The summed E-state index contributed by atoms with van der Waals surface area (Å²) in [6.07, 6.45) is 3.00. The molecule has 0 aliphatic carbocycles. The van der Waals surface area contributed by atoms with E-state index >= 15 is 0 Å². The maximum Gasteiger partial charge on any atom is 0.291 e. The largest absolute Gasteiger partial charge is 0.459 e. The van der Waals surface area contributed by atoms with Crippen LogP contribution in [-0.4, -0.2) is 37.6 Å². The van der Waals surface area contributed by atoms with Crippen molar-refractivity contribution >= 4 is 44.8 Å². The summed E-state index contributed by atoms with van der Waals surface area (Å²) >= 11 is 6.16. The molecule has 4 rings (SSSR count). The molecule has 10 heteroatoms. The predicted molar refractivity (Wildman–Crippen MR) is 121 cm³/mol. The first-order valence-electron chi connectivity index (χ1n) is 9.90. The monoisotopic (exact) mass is 473 g/mol. The Morgan fingerprint density at radius 2 is 1.62 bits per heavy atom. The molecule has 3 aromatic rings. The van der Waals surface area contributed by atoms with E-state index in [1.54, 1.807) is 24.3 Å². The first-order chi connectivity index (χ1) is 15.3. The average molecular weight is 474 g/mol. The predicted octanol–water partition coefficient (Wildman–Crippen LogP) is 4.22. The van der Waals surface area contributed by atoms with Crippen LogP contribution in [0.5, 0.6) is 0 Å². The summed E-state index contributed by atoms with van der Waals surface area (Å²) in [7, 11) is -3.74. The van der Waals surface area contributed by atoms with Crippen molar-refractivity contribution < 1.29 is 22.4 Å². The summed E-state index contributed by atoms with van der Waals surface area (Å²) in [4.78, 5) is 24.8. The van der Waals surface area contributed by atoms with Gasteiger partial charge in [0.05, 0.1) is 11.3 Å². The summed E-state index contributed by atoms with van der Waals surface area (Å²) in [6, 6.07) is 13.8. The van der Waals surface area contributed by atoms with Crippen molar-refractivity contribution in [2.75, 3.05) is 23.7 Å². The van der Waals surface area contributed by atoms with Gasteiger partial charge in [-0.15, -0.1) is 0 Å². The van der Waals surface area contributed by atoms with Crippen LogP contribution in [0, 0.1) is 0 Å². The topological polar surface area (TPSA) is 109 Å². The van der Waals surface area contributed by atoms with Gasteiger partial charge in [0.15, 0.2) is 5.76 Å². The molecule has 2 heterocycles. The highest BCUT2D eigenvalue weighted by atomic mass is 35.5. The fraction of sp³-hybridized carbons (Fsp3) is 0.182. The van der Waals surface area contributed by atoms with Crippen molar-refractivity contribution in [2.45, 2.75) is 17.7 Å². The van der Waals surface area contributed by atoms with Gasteiger partial charge in [-0.1, -0.05) is 17.7 Å². The molecule has 1 aliphatic heterocycles. The number of amides is 2. The van der Waals surface area contributed by atoms with E-state index in [2.05, 4.69) is 10.6 Å². The maximum absolute atomic E-state index is 12.9. The first-order valence-corrected chi connectivity index (χ1v) is 11.7. The van der Waals surface area contributed by atoms with Crippen LogP contribution in [0.1, 0.15) is 33.8 Å². The van der Waals surface area contributed by atoms with E-state index in [1.807, 2.05) is 0 Å². The maximum atomic E-state index is 12.9. The SMILES string of the molecule is O=C(Nc1ccc(Cl)c(S(=O)(=O)N2CCCC2)c1)c1cccc(NC(=O)c2ccco2)c1. The quantitative estimate of drug-likeness (QED) is 0.557. The van der Waals surface area contributed by atoms with Gasteiger partial charge in [0.2, 0.25) is 10.0 Å².